The van der Waals surface area contributed by atoms with Gasteiger partial charge in [0.25, 0.3) is 0 Å². The van der Waals surface area contributed by atoms with E-state index in [9.17, 15) is 14.7 Å². The average Bonchev–Trinajstić information content (AvgIpc) is 3.45. The highest BCUT2D eigenvalue weighted by Gasteiger charge is 2.67. The Morgan fingerprint density at radius 2 is 1.86 bits per heavy atom. The Balaban J connectivity index is 1.16. The third-order valence-electron chi connectivity index (χ3n) is 11.8. The normalized spacial score (nSPS) is 44.5. The van der Waals surface area contributed by atoms with Gasteiger partial charge >= 0.3 is 11.6 Å². The van der Waals surface area contributed by atoms with E-state index >= 15 is 0 Å². The maximum Gasteiger partial charge on any atom is 0.335 e. The molecule has 6 heteroatoms. The number of rotatable bonds is 4. The molecule has 1 aliphatic heterocycles. The quantitative estimate of drug-likeness (QED) is 0.597. The topological polar surface area (TPSA) is 80.0 Å². The van der Waals surface area contributed by atoms with Gasteiger partial charge in [0.05, 0.1) is 18.4 Å². The van der Waals surface area contributed by atoms with Crippen LogP contribution in [0.15, 0.2) is 27.6 Å². The first kappa shape index (κ1) is 24.7. The number of carbonyl (C=O) groups excluding carboxylic acids is 1. The number of hydrogen-bond donors (Lipinski definition) is 1. The molecule has 0 spiro atoms. The summed E-state index contributed by atoms with van der Waals surface area (Å²) in [5.74, 6) is 1.57. The molecular formula is C30H43NO5. The van der Waals surface area contributed by atoms with Crippen LogP contribution in [0.2, 0.25) is 0 Å². The predicted molar refractivity (Wildman–Crippen MR) is 136 cm³/mol. The largest absolute Gasteiger partial charge is 0.461 e. The summed E-state index contributed by atoms with van der Waals surface area (Å²) < 4.78 is 11.2. The number of likely N-dealkylation sites (tertiary alicyclic amines) is 1. The molecule has 0 aromatic carbocycles. The highest BCUT2D eigenvalue weighted by Crippen LogP contribution is 2.70. The maximum absolute atomic E-state index is 12.6. The van der Waals surface area contributed by atoms with Crippen LogP contribution in [0.3, 0.4) is 0 Å². The number of esters is 1. The Labute approximate surface area is 214 Å². The minimum absolute atomic E-state index is 0.0457. The van der Waals surface area contributed by atoms with Gasteiger partial charge in [-0.3, -0.25) is 9.69 Å². The van der Waals surface area contributed by atoms with Gasteiger partial charge in [-0.2, -0.15) is 0 Å². The smallest absolute Gasteiger partial charge is 0.335 e. The Morgan fingerprint density at radius 3 is 2.61 bits per heavy atom. The van der Waals surface area contributed by atoms with Crippen LogP contribution < -0.4 is 5.63 Å². The van der Waals surface area contributed by atoms with Crippen molar-refractivity contribution in [2.24, 2.45) is 28.6 Å². The standard InChI is InChI=1S/C30H43NO5/c1-28-12-9-22(36-27(33)18-31-15-3-4-16-31)17-21(28)6-7-25-24(28)10-13-29(2)23(11-14-30(25,29)34)20-5-8-26(32)35-19-20/h5,8,19,21-25,34H,3-4,6-7,9-18H2,1-2H3. The van der Waals surface area contributed by atoms with Gasteiger partial charge in [-0.05, 0) is 124 Å². The van der Waals surface area contributed by atoms with Crippen molar-refractivity contribution in [1.29, 1.82) is 0 Å². The molecule has 1 N–H and O–H groups in total. The highest BCUT2D eigenvalue weighted by atomic mass is 16.5. The van der Waals surface area contributed by atoms with E-state index in [1.54, 1.807) is 6.26 Å². The third-order valence-corrected chi connectivity index (χ3v) is 11.8. The lowest BCUT2D eigenvalue weighted by Gasteiger charge is -2.63. The molecule has 5 aliphatic rings. The number of hydrogen-bond acceptors (Lipinski definition) is 6. The molecule has 1 aromatic heterocycles. The second-order valence-corrected chi connectivity index (χ2v) is 13.2. The summed E-state index contributed by atoms with van der Waals surface area (Å²) in [6, 6.07) is 3.43. The fourth-order valence-electron chi connectivity index (χ4n) is 9.74. The molecule has 8 unspecified atom stereocenters. The third kappa shape index (κ3) is 3.81. The number of nitrogens with zero attached hydrogens (tertiary/aromatic N) is 1. The van der Waals surface area contributed by atoms with Gasteiger partial charge in [0, 0.05) is 11.5 Å². The molecule has 6 rings (SSSR count). The second-order valence-electron chi connectivity index (χ2n) is 13.2. The molecule has 1 saturated heterocycles. The first-order valence-corrected chi connectivity index (χ1v) is 14.5. The highest BCUT2D eigenvalue weighted by molar-refractivity contribution is 5.71. The molecule has 8 atom stereocenters. The summed E-state index contributed by atoms with van der Waals surface area (Å²) >= 11 is 0. The van der Waals surface area contributed by atoms with E-state index in [0.29, 0.717) is 24.3 Å². The molecule has 0 bridgehead atoms. The Bertz CT molecular complexity index is 1030. The minimum Gasteiger partial charge on any atom is -0.461 e. The zero-order chi connectivity index (χ0) is 25.1. The molecule has 2 heterocycles. The first-order chi connectivity index (χ1) is 17.2. The predicted octanol–water partition coefficient (Wildman–Crippen LogP) is 4.89. The average molecular weight is 498 g/mol. The summed E-state index contributed by atoms with van der Waals surface area (Å²) in [6.45, 7) is 7.24. The van der Waals surface area contributed by atoms with Crippen LogP contribution in [-0.4, -0.2) is 47.3 Å². The number of ether oxygens (including phenoxy) is 1. The van der Waals surface area contributed by atoms with E-state index in [2.05, 4.69) is 18.7 Å². The molecule has 198 valence electrons. The van der Waals surface area contributed by atoms with Gasteiger partial charge in [-0.25, -0.2) is 4.79 Å². The number of carbonyl (C=O) groups is 1. The van der Waals surface area contributed by atoms with Crippen LogP contribution in [0.25, 0.3) is 0 Å². The van der Waals surface area contributed by atoms with E-state index in [1.165, 1.54) is 18.9 Å². The van der Waals surface area contributed by atoms with Crippen molar-refractivity contribution in [2.75, 3.05) is 19.6 Å². The Kier molecular flexibility index (Phi) is 6.15. The van der Waals surface area contributed by atoms with E-state index in [0.717, 1.165) is 76.4 Å². The lowest BCUT2D eigenvalue weighted by molar-refractivity contribution is -0.207. The van der Waals surface area contributed by atoms with E-state index in [-0.39, 0.29) is 34.4 Å². The van der Waals surface area contributed by atoms with Crippen LogP contribution in [0.5, 0.6) is 0 Å². The van der Waals surface area contributed by atoms with Gasteiger partial charge in [-0.1, -0.05) is 13.8 Å². The Morgan fingerprint density at radius 1 is 1.06 bits per heavy atom. The lowest BCUT2D eigenvalue weighted by Crippen LogP contribution is -2.62. The van der Waals surface area contributed by atoms with Crippen LogP contribution in [-0.2, 0) is 9.53 Å². The van der Waals surface area contributed by atoms with Gasteiger partial charge in [-0.15, -0.1) is 0 Å². The molecule has 4 saturated carbocycles. The summed E-state index contributed by atoms with van der Waals surface area (Å²) in [6.07, 6.45) is 13.1. The Hall–Kier alpha value is -1.66. The zero-order valence-electron chi connectivity index (χ0n) is 22.0. The van der Waals surface area contributed by atoms with Crippen molar-refractivity contribution in [3.05, 3.63) is 34.4 Å². The lowest BCUT2D eigenvalue weighted by atomic mass is 9.43. The van der Waals surface area contributed by atoms with Crippen LogP contribution >= 0.6 is 0 Å². The second kappa shape index (κ2) is 8.97. The van der Waals surface area contributed by atoms with E-state index in [4.69, 9.17) is 9.15 Å². The van der Waals surface area contributed by atoms with Crippen LogP contribution in [0.4, 0.5) is 0 Å². The fourth-order valence-corrected chi connectivity index (χ4v) is 9.74. The number of fused-ring (bicyclic) bond motifs is 5. The number of aliphatic hydroxyl groups is 1. The molecule has 5 fully saturated rings. The zero-order valence-corrected chi connectivity index (χ0v) is 22.0. The minimum atomic E-state index is -0.677. The molecule has 0 amide bonds. The molecule has 36 heavy (non-hydrogen) atoms. The van der Waals surface area contributed by atoms with Crippen molar-refractivity contribution in [2.45, 2.75) is 102 Å². The van der Waals surface area contributed by atoms with Gasteiger partial charge in [0.2, 0.25) is 0 Å². The molecule has 1 aromatic rings. The van der Waals surface area contributed by atoms with Gasteiger partial charge < -0.3 is 14.3 Å². The van der Waals surface area contributed by atoms with Crippen LogP contribution in [0.1, 0.15) is 96.0 Å². The van der Waals surface area contributed by atoms with Crippen molar-refractivity contribution >= 4 is 5.97 Å². The van der Waals surface area contributed by atoms with E-state index in [1.807, 2.05) is 6.07 Å². The first-order valence-electron chi connectivity index (χ1n) is 14.5. The fraction of sp³-hybridized carbons (Fsp3) is 0.800. The summed E-state index contributed by atoms with van der Waals surface area (Å²) in [7, 11) is 0. The summed E-state index contributed by atoms with van der Waals surface area (Å²) in [5.41, 5.74) is 0.0748. The molecule has 6 nitrogen and oxygen atoms in total. The van der Waals surface area contributed by atoms with Gasteiger partial charge in [0.1, 0.15) is 6.10 Å². The van der Waals surface area contributed by atoms with Crippen molar-refractivity contribution in [3.8, 4) is 0 Å². The van der Waals surface area contributed by atoms with Crippen LogP contribution in [0, 0.1) is 28.6 Å². The van der Waals surface area contributed by atoms with Crippen molar-refractivity contribution in [1.82, 2.24) is 4.90 Å². The molecule has 0 radical (unpaired) electrons. The maximum atomic E-state index is 12.6. The molecule has 4 aliphatic carbocycles. The van der Waals surface area contributed by atoms with Gasteiger partial charge in [0.15, 0.2) is 0 Å². The van der Waals surface area contributed by atoms with E-state index < -0.39 is 5.60 Å². The summed E-state index contributed by atoms with van der Waals surface area (Å²) in [5, 5.41) is 12.4. The van der Waals surface area contributed by atoms with Crippen molar-refractivity contribution < 1.29 is 19.1 Å². The van der Waals surface area contributed by atoms with Crippen molar-refractivity contribution in [3.63, 3.8) is 0 Å². The summed E-state index contributed by atoms with van der Waals surface area (Å²) in [4.78, 5) is 26.3. The SMILES string of the molecule is CC12CCC(OC(=O)CN3CCCC3)CC1CCC1C2CCC2(C)C(c3ccc(=O)oc3)CCC12O. The molecular weight excluding hydrogens is 454 g/mol. The monoisotopic (exact) mass is 497 g/mol.